The minimum Gasteiger partial charge on any atom is -0.477 e. The third-order valence-electron chi connectivity index (χ3n) is 6.53. The molecule has 0 unspecified atom stereocenters. The van der Waals surface area contributed by atoms with Crippen molar-refractivity contribution >= 4 is 63.1 Å². The number of nitrogens with zero attached hydrogens (tertiary/aromatic N) is 5. The molecule has 1 fully saturated rings. The smallest absolute Gasteiger partial charge is 0.352 e. The van der Waals surface area contributed by atoms with E-state index >= 15 is 0 Å². The normalized spacial score (nSPS) is 18.9. The second-order valence-corrected chi connectivity index (χ2v) is 10.9. The molecule has 2 aliphatic rings. The summed E-state index contributed by atoms with van der Waals surface area (Å²) in [4.78, 5) is 60.6. The van der Waals surface area contributed by atoms with Crippen LogP contribution in [0.1, 0.15) is 28.8 Å². The van der Waals surface area contributed by atoms with Crippen LogP contribution in [0.2, 0.25) is 0 Å². The Balaban J connectivity index is 1.38. The number of aromatic nitrogens is 3. The summed E-state index contributed by atoms with van der Waals surface area (Å²) in [5, 5.41) is 17.7. The van der Waals surface area contributed by atoms with Crippen LogP contribution in [0.4, 0.5) is 5.13 Å². The topological polar surface area (TPSA) is 199 Å². The number of β-lactam (4-membered cyclic amide) rings is 1. The third-order valence-corrected chi connectivity index (χ3v) is 8.54. The Morgan fingerprint density at radius 1 is 1.35 bits per heavy atom. The van der Waals surface area contributed by atoms with E-state index in [2.05, 4.69) is 15.5 Å². The van der Waals surface area contributed by atoms with Crippen molar-refractivity contribution in [2.45, 2.75) is 31.8 Å². The largest absolute Gasteiger partial charge is 0.477 e. The number of thioether (sulfide) groups is 1. The number of fused-ring (bicyclic) bond motifs is 2. The second-order valence-electron chi connectivity index (χ2n) is 8.90. The number of amides is 3. The molecule has 2 atom stereocenters. The molecule has 40 heavy (non-hydrogen) atoms. The van der Waals surface area contributed by atoms with Gasteiger partial charge in [-0.2, -0.15) is 4.57 Å². The predicted octanol–water partition coefficient (Wildman–Crippen LogP) is -0.148. The van der Waals surface area contributed by atoms with Crippen LogP contribution in [0.25, 0.3) is 5.52 Å². The number of thiazole rings is 1. The van der Waals surface area contributed by atoms with Gasteiger partial charge in [0.15, 0.2) is 23.6 Å². The Kier molecular flexibility index (Phi) is 7.20. The number of hydrogen-bond acceptors (Lipinski definition) is 10. The quantitative estimate of drug-likeness (QED) is 0.114. The van der Waals surface area contributed by atoms with Gasteiger partial charge in [0, 0.05) is 23.6 Å². The summed E-state index contributed by atoms with van der Waals surface area (Å²) in [7, 11) is 0. The van der Waals surface area contributed by atoms with E-state index in [9.17, 15) is 24.3 Å². The Hall–Kier alpha value is -4.44. The number of primary amides is 1. The van der Waals surface area contributed by atoms with E-state index in [1.54, 1.807) is 41.2 Å². The molecule has 3 aromatic rings. The standard InChI is InChI=1S/C24H24N8O6S2/c1-3-38-29-16(13-10-40-24(26)27-13)20(34)28-17-21(35)32-18(23(36)37)12(9-39-22(17)32)8-30-6-7-31-14(11(30)2)4-5-15(31)19(25)33/h4-7,10,17,22H,3,8-9H2,1-2H3,(H5-,25,26,27,28,33,34,36,37)/p+1/t17-,22+/m1/s1. The number of hydrogen-bond donors (Lipinski definition) is 4. The molecule has 0 saturated carbocycles. The number of nitrogen functional groups attached to an aromatic ring is 1. The van der Waals surface area contributed by atoms with E-state index in [1.165, 1.54) is 16.7 Å². The van der Waals surface area contributed by atoms with E-state index in [0.717, 1.165) is 22.5 Å². The van der Waals surface area contributed by atoms with Crippen molar-refractivity contribution in [3.8, 4) is 0 Å². The van der Waals surface area contributed by atoms with E-state index < -0.39 is 35.1 Å². The van der Waals surface area contributed by atoms with E-state index in [-0.39, 0.29) is 35.4 Å². The van der Waals surface area contributed by atoms with Gasteiger partial charge in [-0.25, -0.2) is 9.78 Å². The Morgan fingerprint density at radius 3 is 2.77 bits per heavy atom. The van der Waals surface area contributed by atoms with Gasteiger partial charge in [-0.15, -0.1) is 23.1 Å². The summed E-state index contributed by atoms with van der Waals surface area (Å²) < 4.78 is 3.51. The molecule has 5 heterocycles. The zero-order chi connectivity index (χ0) is 28.7. The van der Waals surface area contributed by atoms with Crippen LogP contribution in [0.3, 0.4) is 0 Å². The molecule has 2 aliphatic heterocycles. The number of carboxylic acids is 1. The van der Waals surface area contributed by atoms with Gasteiger partial charge < -0.3 is 31.1 Å². The monoisotopic (exact) mass is 585 g/mol. The zero-order valence-electron chi connectivity index (χ0n) is 21.4. The highest BCUT2D eigenvalue weighted by atomic mass is 32.2. The van der Waals surface area contributed by atoms with Gasteiger partial charge in [0.25, 0.3) is 17.7 Å². The number of oxime groups is 1. The third kappa shape index (κ3) is 4.64. The summed E-state index contributed by atoms with van der Waals surface area (Å²) in [6.07, 6.45) is 3.41. The minimum absolute atomic E-state index is 0.116. The van der Waals surface area contributed by atoms with Crippen molar-refractivity contribution in [2.75, 3.05) is 18.1 Å². The number of rotatable bonds is 9. The minimum atomic E-state index is -1.24. The van der Waals surface area contributed by atoms with Crippen molar-refractivity contribution in [2.24, 2.45) is 10.9 Å². The Bertz CT molecular complexity index is 1630. The lowest BCUT2D eigenvalue weighted by molar-refractivity contribution is -0.694. The lowest BCUT2D eigenvalue weighted by atomic mass is 10.0. The highest BCUT2D eigenvalue weighted by Gasteiger charge is 2.55. The van der Waals surface area contributed by atoms with Crippen molar-refractivity contribution in [1.29, 1.82) is 0 Å². The van der Waals surface area contributed by atoms with Gasteiger partial charge >= 0.3 is 5.97 Å². The lowest BCUT2D eigenvalue weighted by Gasteiger charge is -2.49. The average Bonchev–Trinajstić information content (AvgIpc) is 3.55. The summed E-state index contributed by atoms with van der Waals surface area (Å²) in [6, 6.07) is 2.42. The summed E-state index contributed by atoms with van der Waals surface area (Å²) in [6.45, 7) is 3.96. The van der Waals surface area contributed by atoms with Gasteiger partial charge in [0.2, 0.25) is 5.69 Å². The number of carbonyl (C=O) groups excluding carboxylic acids is 3. The van der Waals surface area contributed by atoms with Gasteiger partial charge in [-0.05, 0) is 19.1 Å². The molecule has 0 radical (unpaired) electrons. The van der Waals surface area contributed by atoms with Gasteiger partial charge in [-0.3, -0.25) is 19.3 Å². The van der Waals surface area contributed by atoms with Crippen LogP contribution < -0.4 is 21.4 Å². The molecule has 0 bridgehead atoms. The van der Waals surface area contributed by atoms with Gasteiger partial charge in [0.1, 0.15) is 40.6 Å². The van der Waals surface area contributed by atoms with Crippen LogP contribution in [0.15, 0.2) is 46.3 Å². The first-order valence-electron chi connectivity index (χ1n) is 12.0. The molecule has 0 aliphatic carbocycles. The highest BCUT2D eigenvalue weighted by molar-refractivity contribution is 8.00. The van der Waals surface area contributed by atoms with Gasteiger partial charge in [-0.1, -0.05) is 5.16 Å². The average molecular weight is 586 g/mol. The molecule has 0 spiro atoms. The first-order valence-corrected chi connectivity index (χ1v) is 14.0. The molecule has 208 valence electrons. The number of nitrogens with two attached hydrogens (primary N) is 2. The molecule has 16 heteroatoms. The van der Waals surface area contributed by atoms with E-state index in [0.29, 0.717) is 17.0 Å². The summed E-state index contributed by atoms with van der Waals surface area (Å²) in [5.74, 6) is -2.73. The number of aliphatic carboxylic acids is 1. The van der Waals surface area contributed by atoms with Crippen molar-refractivity contribution < 1.29 is 33.7 Å². The van der Waals surface area contributed by atoms with E-state index in [4.69, 9.17) is 16.3 Å². The Labute approximate surface area is 235 Å². The molecule has 3 amide bonds. The molecule has 3 aromatic heterocycles. The predicted molar refractivity (Wildman–Crippen MR) is 145 cm³/mol. The number of carbonyl (C=O) groups is 4. The van der Waals surface area contributed by atoms with Crippen LogP contribution >= 0.6 is 23.1 Å². The van der Waals surface area contributed by atoms with Crippen LogP contribution in [-0.2, 0) is 25.8 Å². The molecular weight excluding hydrogens is 560 g/mol. The maximum absolute atomic E-state index is 13.2. The van der Waals surface area contributed by atoms with Gasteiger partial charge in [0.05, 0.1) is 6.20 Å². The number of nitrogens with one attached hydrogen (secondary N) is 1. The first-order chi connectivity index (χ1) is 19.1. The first kappa shape index (κ1) is 27.1. The van der Waals surface area contributed by atoms with Crippen molar-refractivity contribution in [3.63, 3.8) is 0 Å². The zero-order valence-corrected chi connectivity index (χ0v) is 23.0. The second kappa shape index (κ2) is 10.6. The molecule has 1 saturated heterocycles. The molecular formula is C24H25N8O6S2+. The van der Waals surface area contributed by atoms with Crippen molar-refractivity contribution in [1.82, 2.24) is 19.6 Å². The number of anilines is 1. The fraction of sp³-hybridized carbons (Fsp3) is 0.292. The summed E-state index contributed by atoms with van der Waals surface area (Å²) >= 11 is 2.47. The highest BCUT2D eigenvalue weighted by Crippen LogP contribution is 2.40. The van der Waals surface area contributed by atoms with E-state index in [1.807, 2.05) is 11.5 Å². The molecule has 0 aromatic carbocycles. The van der Waals surface area contributed by atoms with Crippen LogP contribution in [0, 0.1) is 6.92 Å². The fourth-order valence-corrected chi connectivity index (χ4v) is 6.52. The van der Waals surface area contributed by atoms with Crippen LogP contribution in [-0.4, -0.2) is 72.6 Å². The maximum Gasteiger partial charge on any atom is 0.352 e. The molecule has 5 rings (SSSR count). The van der Waals surface area contributed by atoms with Crippen molar-refractivity contribution in [3.05, 3.63) is 58.3 Å². The molecule has 14 nitrogen and oxygen atoms in total. The number of carboxylic acid groups (broad SMARTS) is 1. The number of aryl methyl sites for hydroxylation is 1. The summed E-state index contributed by atoms with van der Waals surface area (Å²) in [5.41, 5.74) is 13.5. The van der Waals surface area contributed by atoms with Crippen LogP contribution in [0.5, 0.6) is 0 Å². The SMILES string of the molecule is CCON=C(C(=O)N[C@@H]1C(=O)N2C(C(=O)O)=C(C[n+]3ccn4c(C(N)=O)ccc4c3C)CS[C@@H]12)c1csc(N)n1. The lowest BCUT2D eigenvalue weighted by Crippen LogP contribution is -2.71. The molecule has 6 N–H and O–H groups in total. The Morgan fingerprint density at radius 2 is 2.12 bits per heavy atom. The maximum atomic E-state index is 13.2. The fourth-order valence-electron chi connectivity index (χ4n) is 4.63.